The highest BCUT2D eigenvalue weighted by Crippen LogP contribution is 2.32. The zero-order valence-electron chi connectivity index (χ0n) is 17.8. The molecule has 2 aromatic carbocycles. The van der Waals surface area contributed by atoms with Crippen LogP contribution in [0.15, 0.2) is 52.7 Å². The Hall–Kier alpha value is -2.80. The van der Waals surface area contributed by atoms with Crippen molar-refractivity contribution in [2.24, 2.45) is 10.2 Å². The molecule has 7 heteroatoms. The van der Waals surface area contributed by atoms with E-state index in [1.165, 1.54) is 11.8 Å². The first kappa shape index (κ1) is 21.9. The number of amides is 1. The van der Waals surface area contributed by atoms with Gasteiger partial charge in [0.15, 0.2) is 16.7 Å². The quantitative estimate of drug-likeness (QED) is 0.456. The van der Waals surface area contributed by atoms with Gasteiger partial charge in [0, 0.05) is 0 Å². The summed E-state index contributed by atoms with van der Waals surface area (Å²) in [4.78, 5) is 14.7. The second-order valence-corrected chi connectivity index (χ2v) is 8.16. The van der Waals surface area contributed by atoms with E-state index >= 15 is 0 Å². The molecule has 0 unspecified atom stereocenters. The van der Waals surface area contributed by atoms with Gasteiger partial charge in [0.1, 0.15) is 0 Å². The van der Waals surface area contributed by atoms with Gasteiger partial charge in [-0.2, -0.15) is 5.10 Å². The third-order valence-corrected chi connectivity index (χ3v) is 6.15. The molecule has 1 aliphatic heterocycles. The van der Waals surface area contributed by atoms with Crippen molar-refractivity contribution in [2.45, 2.75) is 38.5 Å². The largest absolute Gasteiger partial charge is 0.493 e. The first-order valence-corrected chi connectivity index (χ1v) is 10.8. The second-order valence-electron chi connectivity index (χ2n) is 6.99. The number of hydrogen-bond acceptors (Lipinski definition) is 6. The Morgan fingerprint density at radius 2 is 1.90 bits per heavy atom. The molecule has 3 rings (SSSR count). The molecule has 1 saturated heterocycles. The summed E-state index contributed by atoms with van der Waals surface area (Å²) in [5.41, 5.74) is 3.10. The topological polar surface area (TPSA) is 63.5 Å². The van der Waals surface area contributed by atoms with Crippen molar-refractivity contribution in [3.05, 3.63) is 59.2 Å². The predicted molar refractivity (Wildman–Crippen MR) is 123 cm³/mol. The first-order valence-electron chi connectivity index (χ1n) is 9.93. The number of rotatable bonds is 8. The van der Waals surface area contributed by atoms with Crippen LogP contribution in [0.5, 0.6) is 11.5 Å². The van der Waals surface area contributed by atoms with Gasteiger partial charge in [-0.3, -0.25) is 9.69 Å². The van der Waals surface area contributed by atoms with Crippen LogP contribution in [0.25, 0.3) is 0 Å². The van der Waals surface area contributed by atoms with Crippen molar-refractivity contribution in [1.29, 1.82) is 0 Å². The van der Waals surface area contributed by atoms with Gasteiger partial charge >= 0.3 is 0 Å². The number of carbonyl (C=O) groups is 1. The molecule has 1 amide bonds. The van der Waals surface area contributed by atoms with Crippen molar-refractivity contribution in [3.63, 3.8) is 0 Å². The van der Waals surface area contributed by atoms with Crippen LogP contribution in [0, 0.1) is 6.92 Å². The Bertz CT molecular complexity index is 958. The maximum atomic E-state index is 13.0. The molecule has 1 heterocycles. The van der Waals surface area contributed by atoms with Crippen molar-refractivity contribution in [1.82, 2.24) is 4.90 Å². The van der Waals surface area contributed by atoms with Gasteiger partial charge in [-0.15, -0.1) is 5.10 Å². The van der Waals surface area contributed by atoms with Crippen LogP contribution in [0.2, 0.25) is 0 Å². The fraction of sp³-hybridized carbons (Fsp3) is 0.348. The normalized spacial score (nSPS) is 17.9. The van der Waals surface area contributed by atoms with Crippen LogP contribution in [0.3, 0.4) is 0 Å². The predicted octanol–water partition coefficient (Wildman–Crippen LogP) is 4.65. The monoisotopic (exact) mass is 425 g/mol. The summed E-state index contributed by atoms with van der Waals surface area (Å²) in [6.07, 6.45) is 3.43. The number of methoxy groups -OCH3 is 2. The van der Waals surface area contributed by atoms with E-state index in [1.807, 2.05) is 36.4 Å². The molecule has 1 aliphatic rings. The molecule has 0 aromatic heterocycles. The van der Waals surface area contributed by atoms with Crippen LogP contribution in [0.1, 0.15) is 36.5 Å². The minimum Gasteiger partial charge on any atom is -0.493 e. The average Bonchev–Trinajstić information content (AvgIpc) is 3.04. The average molecular weight is 426 g/mol. The van der Waals surface area contributed by atoms with E-state index in [0.717, 1.165) is 29.5 Å². The molecule has 0 saturated carbocycles. The minimum atomic E-state index is -0.103. The molecule has 0 N–H and O–H groups in total. The number of nitrogens with zero attached hydrogens (tertiary/aromatic N) is 3. The molecule has 1 atom stereocenters. The van der Waals surface area contributed by atoms with Crippen molar-refractivity contribution in [2.75, 3.05) is 14.2 Å². The molecule has 0 aliphatic carbocycles. The van der Waals surface area contributed by atoms with Gasteiger partial charge in [-0.1, -0.05) is 49.4 Å². The SMILES string of the molecule is CCC[C@@H]1S/C(=N/N=C\c2ccc(OC)c(OC)c2)N(Cc2ccccc2C)C1=O. The van der Waals surface area contributed by atoms with Crippen molar-refractivity contribution < 1.29 is 14.3 Å². The minimum absolute atomic E-state index is 0.102. The first-order chi connectivity index (χ1) is 14.6. The number of benzene rings is 2. The number of amidine groups is 1. The number of ether oxygens (including phenoxy) is 2. The van der Waals surface area contributed by atoms with E-state index in [2.05, 4.69) is 30.1 Å². The fourth-order valence-corrected chi connectivity index (χ4v) is 4.43. The third-order valence-electron chi connectivity index (χ3n) is 4.92. The van der Waals surface area contributed by atoms with Gasteiger partial charge in [0.2, 0.25) is 5.91 Å². The van der Waals surface area contributed by atoms with Gasteiger partial charge < -0.3 is 9.47 Å². The highest BCUT2D eigenvalue weighted by Gasteiger charge is 2.37. The lowest BCUT2D eigenvalue weighted by Gasteiger charge is -2.17. The van der Waals surface area contributed by atoms with Crippen LogP contribution in [0.4, 0.5) is 0 Å². The Morgan fingerprint density at radius 1 is 1.13 bits per heavy atom. The summed E-state index contributed by atoms with van der Waals surface area (Å²) in [6.45, 7) is 4.64. The molecule has 6 nitrogen and oxygen atoms in total. The van der Waals surface area contributed by atoms with E-state index in [9.17, 15) is 4.79 Å². The second kappa shape index (κ2) is 10.3. The van der Waals surface area contributed by atoms with Crippen LogP contribution in [-0.4, -0.2) is 41.7 Å². The number of thioether (sulfide) groups is 1. The van der Waals surface area contributed by atoms with Gasteiger partial charge in [0.25, 0.3) is 0 Å². The zero-order chi connectivity index (χ0) is 21.5. The lowest BCUT2D eigenvalue weighted by molar-refractivity contribution is -0.126. The smallest absolute Gasteiger partial charge is 0.242 e. The number of hydrogen-bond donors (Lipinski definition) is 0. The third kappa shape index (κ3) is 5.02. The maximum absolute atomic E-state index is 13.0. The molecule has 0 radical (unpaired) electrons. The summed E-state index contributed by atoms with van der Waals surface area (Å²) in [6, 6.07) is 13.6. The highest BCUT2D eigenvalue weighted by molar-refractivity contribution is 8.15. The summed E-state index contributed by atoms with van der Waals surface area (Å²) in [7, 11) is 3.19. The summed E-state index contributed by atoms with van der Waals surface area (Å²) >= 11 is 1.49. The Labute approximate surface area is 182 Å². The lowest BCUT2D eigenvalue weighted by Crippen LogP contribution is -2.31. The van der Waals surface area contributed by atoms with Crippen molar-refractivity contribution in [3.8, 4) is 11.5 Å². The van der Waals surface area contributed by atoms with E-state index in [4.69, 9.17) is 9.47 Å². The summed E-state index contributed by atoms with van der Waals surface area (Å²) in [5, 5.41) is 9.17. The molecule has 2 aromatic rings. The fourth-order valence-electron chi connectivity index (χ4n) is 3.21. The van der Waals surface area contributed by atoms with Gasteiger partial charge in [-0.25, -0.2) is 0 Å². The Balaban J connectivity index is 1.83. The maximum Gasteiger partial charge on any atom is 0.242 e. The Morgan fingerprint density at radius 3 is 2.60 bits per heavy atom. The molecular weight excluding hydrogens is 398 g/mol. The van der Waals surface area contributed by atoms with Crippen LogP contribution < -0.4 is 9.47 Å². The van der Waals surface area contributed by atoms with E-state index < -0.39 is 0 Å². The lowest BCUT2D eigenvalue weighted by atomic mass is 10.1. The zero-order valence-corrected chi connectivity index (χ0v) is 18.6. The Kier molecular flexibility index (Phi) is 7.52. The van der Waals surface area contributed by atoms with Gasteiger partial charge in [-0.05, 0) is 48.2 Å². The summed E-state index contributed by atoms with van der Waals surface area (Å²) < 4.78 is 10.6. The van der Waals surface area contributed by atoms with E-state index in [1.54, 1.807) is 25.3 Å². The van der Waals surface area contributed by atoms with Gasteiger partial charge in [0.05, 0.1) is 32.2 Å². The summed E-state index contributed by atoms with van der Waals surface area (Å²) in [5.74, 6) is 1.39. The van der Waals surface area contributed by atoms with Crippen LogP contribution in [-0.2, 0) is 11.3 Å². The molecule has 158 valence electrons. The molecular formula is C23H27N3O3S. The molecule has 30 heavy (non-hydrogen) atoms. The van der Waals surface area contributed by atoms with E-state index in [-0.39, 0.29) is 11.2 Å². The molecule has 0 spiro atoms. The van der Waals surface area contributed by atoms with E-state index in [0.29, 0.717) is 23.2 Å². The molecule has 0 bridgehead atoms. The number of aryl methyl sites for hydroxylation is 1. The van der Waals surface area contributed by atoms with Crippen LogP contribution >= 0.6 is 11.8 Å². The number of carbonyl (C=O) groups excluding carboxylic acids is 1. The standard InChI is InChI=1S/C23H27N3O3S/c1-5-8-21-22(27)26(15-18-10-7-6-9-16(18)2)23(30-21)25-24-14-17-11-12-19(28-3)20(13-17)29-4/h6-7,9-14,21H,5,8,15H2,1-4H3/b24-14-,25-23+/t21-/m0/s1. The van der Waals surface area contributed by atoms with Crippen molar-refractivity contribution >= 4 is 29.1 Å². The molecule has 1 fully saturated rings. The highest BCUT2D eigenvalue weighted by atomic mass is 32.2.